The molecule has 0 aliphatic rings. The van der Waals surface area contributed by atoms with Crippen molar-refractivity contribution in [2.45, 2.75) is 0 Å². The zero-order chi connectivity index (χ0) is 15.1. The molecule has 0 fully saturated rings. The number of fused-ring (bicyclic) bond motifs is 3. The Balaban J connectivity index is 2.16. The largest absolute Gasteiger partial charge is 0.316 e. The summed E-state index contributed by atoms with van der Waals surface area (Å²) in [6, 6.07) is 22.8. The molecule has 2 heteroatoms. The predicted molar refractivity (Wildman–Crippen MR) is 96.3 cm³/mol. The van der Waals surface area contributed by atoms with Crippen LogP contribution in [-0.4, -0.2) is 4.57 Å². The first kappa shape index (κ1) is 13.2. The van der Waals surface area contributed by atoms with Crippen molar-refractivity contribution in [3.63, 3.8) is 0 Å². The maximum Gasteiger partial charge on any atom is 0.0613 e. The molecule has 0 N–H and O–H groups in total. The Labute approximate surface area is 134 Å². The average molecular weight is 304 g/mol. The second-order valence-electron chi connectivity index (χ2n) is 5.28. The molecule has 0 aliphatic carbocycles. The van der Waals surface area contributed by atoms with Gasteiger partial charge in [-0.15, -0.1) is 0 Å². The third-order valence-corrected chi connectivity index (χ3v) is 4.32. The zero-order valence-corrected chi connectivity index (χ0v) is 12.7. The van der Waals surface area contributed by atoms with Crippen LogP contribution in [0.1, 0.15) is 0 Å². The highest BCUT2D eigenvalue weighted by molar-refractivity contribution is 6.30. The highest BCUT2D eigenvalue weighted by atomic mass is 35.5. The molecule has 4 rings (SSSR count). The molecule has 1 nitrogen and oxygen atoms in total. The lowest BCUT2D eigenvalue weighted by Gasteiger charge is -2.07. The molecule has 1 heterocycles. The van der Waals surface area contributed by atoms with Crippen molar-refractivity contribution in [2.24, 2.45) is 0 Å². The molecule has 0 radical (unpaired) electrons. The van der Waals surface area contributed by atoms with Gasteiger partial charge in [0.05, 0.1) is 11.0 Å². The minimum atomic E-state index is 0.750. The van der Waals surface area contributed by atoms with Gasteiger partial charge < -0.3 is 4.57 Å². The molecule has 4 aromatic rings. The highest BCUT2D eigenvalue weighted by Gasteiger charge is 2.12. The van der Waals surface area contributed by atoms with E-state index in [1.54, 1.807) is 0 Å². The van der Waals surface area contributed by atoms with Crippen LogP contribution in [0.25, 0.3) is 39.1 Å². The topological polar surface area (TPSA) is 4.93 Å². The number of hydrogen-bond donors (Lipinski definition) is 0. The minimum absolute atomic E-state index is 0.750. The fourth-order valence-electron chi connectivity index (χ4n) is 3.10. The van der Waals surface area contributed by atoms with Crippen molar-refractivity contribution in [3.05, 3.63) is 78.3 Å². The van der Waals surface area contributed by atoms with E-state index in [-0.39, 0.29) is 0 Å². The average Bonchev–Trinajstić information content (AvgIpc) is 2.89. The van der Waals surface area contributed by atoms with E-state index in [0.29, 0.717) is 0 Å². The lowest BCUT2D eigenvalue weighted by molar-refractivity contribution is 1.30. The Morgan fingerprint density at radius 2 is 1.55 bits per heavy atom. The van der Waals surface area contributed by atoms with Crippen LogP contribution < -0.4 is 0 Å². The van der Waals surface area contributed by atoms with Crippen LogP contribution in [0.15, 0.2) is 73.3 Å². The van der Waals surface area contributed by atoms with E-state index >= 15 is 0 Å². The van der Waals surface area contributed by atoms with Crippen LogP contribution in [0.5, 0.6) is 0 Å². The van der Waals surface area contributed by atoms with Crippen LogP contribution in [0.3, 0.4) is 0 Å². The van der Waals surface area contributed by atoms with Crippen molar-refractivity contribution < 1.29 is 0 Å². The maximum atomic E-state index is 6.02. The summed E-state index contributed by atoms with van der Waals surface area (Å²) in [6.45, 7) is 3.99. The lowest BCUT2D eigenvalue weighted by Crippen LogP contribution is -1.88. The van der Waals surface area contributed by atoms with Gasteiger partial charge in [-0.1, -0.05) is 66.7 Å². The van der Waals surface area contributed by atoms with E-state index in [4.69, 9.17) is 11.6 Å². The molecule has 0 amide bonds. The summed E-state index contributed by atoms with van der Waals surface area (Å²) in [5.41, 5.74) is 4.70. The molecule has 106 valence electrons. The summed E-state index contributed by atoms with van der Waals surface area (Å²) in [5, 5.41) is 3.23. The fourth-order valence-corrected chi connectivity index (χ4v) is 3.23. The SMILES string of the molecule is C=Cn1c2ccccc2c2cccc(-c3ccc(Cl)cc3)c21. The van der Waals surface area contributed by atoms with E-state index in [2.05, 4.69) is 65.7 Å². The van der Waals surface area contributed by atoms with Gasteiger partial charge in [0, 0.05) is 27.6 Å². The summed E-state index contributed by atoms with van der Waals surface area (Å²) < 4.78 is 2.16. The molecule has 3 aromatic carbocycles. The normalized spacial score (nSPS) is 11.1. The second-order valence-corrected chi connectivity index (χ2v) is 5.71. The van der Waals surface area contributed by atoms with Crippen LogP contribution in [-0.2, 0) is 0 Å². The quantitative estimate of drug-likeness (QED) is 0.414. The lowest BCUT2D eigenvalue weighted by atomic mass is 10.0. The fraction of sp³-hybridized carbons (Fsp3) is 0. The third kappa shape index (κ3) is 1.87. The molecular weight excluding hydrogens is 290 g/mol. The maximum absolute atomic E-state index is 6.02. The van der Waals surface area contributed by atoms with Gasteiger partial charge >= 0.3 is 0 Å². The molecule has 0 unspecified atom stereocenters. The zero-order valence-electron chi connectivity index (χ0n) is 12.0. The minimum Gasteiger partial charge on any atom is -0.316 e. The molecule has 22 heavy (non-hydrogen) atoms. The molecule has 0 saturated heterocycles. The number of nitrogens with zero attached hydrogens (tertiary/aromatic N) is 1. The molecular formula is C20H14ClN. The van der Waals surface area contributed by atoms with E-state index in [0.717, 1.165) is 10.6 Å². The Kier molecular flexibility index (Phi) is 3.02. The molecule has 0 spiro atoms. The number of hydrogen-bond acceptors (Lipinski definition) is 0. The van der Waals surface area contributed by atoms with Gasteiger partial charge in [-0.2, -0.15) is 0 Å². The van der Waals surface area contributed by atoms with Gasteiger partial charge in [0.2, 0.25) is 0 Å². The molecule has 0 atom stereocenters. The number of aromatic nitrogens is 1. The number of para-hydroxylation sites is 2. The summed E-state index contributed by atoms with van der Waals surface area (Å²) in [4.78, 5) is 0. The molecule has 0 saturated carbocycles. The van der Waals surface area contributed by atoms with Crippen molar-refractivity contribution in [3.8, 4) is 11.1 Å². The highest BCUT2D eigenvalue weighted by Crippen LogP contribution is 2.36. The predicted octanol–water partition coefficient (Wildman–Crippen LogP) is 6.22. The summed E-state index contributed by atoms with van der Waals surface area (Å²) >= 11 is 6.02. The Morgan fingerprint density at radius 3 is 2.32 bits per heavy atom. The number of benzene rings is 3. The smallest absolute Gasteiger partial charge is 0.0613 e. The van der Waals surface area contributed by atoms with Crippen molar-refractivity contribution in [2.75, 3.05) is 0 Å². The van der Waals surface area contributed by atoms with Gasteiger partial charge in [-0.25, -0.2) is 0 Å². The monoisotopic (exact) mass is 303 g/mol. The van der Waals surface area contributed by atoms with Gasteiger partial charge in [-0.05, 0) is 23.8 Å². The van der Waals surface area contributed by atoms with Crippen LogP contribution in [0, 0.1) is 0 Å². The van der Waals surface area contributed by atoms with Crippen molar-refractivity contribution >= 4 is 39.6 Å². The molecule has 0 aliphatic heterocycles. The van der Waals surface area contributed by atoms with Gasteiger partial charge in [0.25, 0.3) is 0 Å². The van der Waals surface area contributed by atoms with Gasteiger partial charge in [-0.3, -0.25) is 0 Å². The van der Waals surface area contributed by atoms with Gasteiger partial charge in [0.15, 0.2) is 0 Å². The van der Waals surface area contributed by atoms with Gasteiger partial charge in [0.1, 0.15) is 0 Å². The summed E-state index contributed by atoms with van der Waals surface area (Å²) in [7, 11) is 0. The first-order chi connectivity index (χ1) is 10.8. The van der Waals surface area contributed by atoms with Crippen molar-refractivity contribution in [1.29, 1.82) is 0 Å². The molecule has 1 aromatic heterocycles. The number of rotatable bonds is 2. The standard InChI is InChI=1S/C20H14ClN/c1-2-22-19-9-4-3-6-17(19)18-8-5-7-16(20(18)22)14-10-12-15(21)13-11-14/h2-13H,1H2. The first-order valence-electron chi connectivity index (χ1n) is 7.20. The van der Waals surface area contributed by atoms with Crippen LogP contribution in [0.2, 0.25) is 5.02 Å². The van der Waals surface area contributed by atoms with Crippen molar-refractivity contribution in [1.82, 2.24) is 4.57 Å². The Morgan fingerprint density at radius 1 is 0.818 bits per heavy atom. The van der Waals surface area contributed by atoms with Crippen LogP contribution >= 0.6 is 11.6 Å². The Bertz CT molecular complexity index is 994. The van der Waals surface area contributed by atoms with E-state index in [1.165, 1.54) is 27.4 Å². The summed E-state index contributed by atoms with van der Waals surface area (Å²) in [6.07, 6.45) is 1.88. The summed E-state index contributed by atoms with van der Waals surface area (Å²) in [5.74, 6) is 0. The number of halogens is 1. The van der Waals surface area contributed by atoms with E-state index < -0.39 is 0 Å². The second kappa shape index (κ2) is 5.04. The third-order valence-electron chi connectivity index (χ3n) is 4.07. The van der Waals surface area contributed by atoms with E-state index in [1.807, 2.05) is 18.3 Å². The van der Waals surface area contributed by atoms with E-state index in [9.17, 15) is 0 Å². The van der Waals surface area contributed by atoms with Crippen LogP contribution in [0.4, 0.5) is 0 Å². The first-order valence-corrected chi connectivity index (χ1v) is 7.57. The Hall–Kier alpha value is -2.51. The molecule has 0 bridgehead atoms.